The van der Waals surface area contributed by atoms with Gasteiger partial charge in [0.2, 0.25) is 5.75 Å². The summed E-state index contributed by atoms with van der Waals surface area (Å²) in [5.74, 6) is 0.505. The number of benzene rings is 2. The molecule has 2 aliphatic rings. The molecule has 2 aliphatic heterocycles. The molecule has 10 heteroatoms. The van der Waals surface area contributed by atoms with E-state index in [1.807, 2.05) is 0 Å². The highest BCUT2D eigenvalue weighted by Gasteiger charge is 2.46. The monoisotopic (exact) mass is 568 g/mol. The van der Waals surface area contributed by atoms with E-state index in [1.165, 1.54) is 26.2 Å². The molecule has 0 aliphatic carbocycles. The summed E-state index contributed by atoms with van der Waals surface area (Å²) in [5.41, 5.74) is 0.973. The lowest BCUT2D eigenvalue weighted by Gasteiger charge is -2.29. The molecule has 0 bridgehead atoms. The van der Waals surface area contributed by atoms with Crippen molar-refractivity contribution in [1.29, 1.82) is 0 Å². The van der Waals surface area contributed by atoms with Crippen molar-refractivity contribution in [2.45, 2.75) is 26.3 Å². The molecule has 2 aromatic rings. The molecule has 1 amide bonds. The van der Waals surface area contributed by atoms with Crippen LogP contribution < -0.4 is 18.9 Å². The maximum atomic E-state index is 13.5. The number of nitrogens with zero attached hydrogens (tertiary/aromatic N) is 2. The van der Waals surface area contributed by atoms with E-state index in [9.17, 15) is 14.7 Å². The lowest BCUT2D eigenvalue weighted by atomic mass is 9.94. The molecular formula is C31H40N2O8. The molecule has 41 heavy (non-hydrogen) atoms. The van der Waals surface area contributed by atoms with Gasteiger partial charge in [-0.25, -0.2) is 0 Å². The van der Waals surface area contributed by atoms with E-state index in [2.05, 4.69) is 18.7 Å². The normalized spacial score (nSPS) is 19.1. The highest BCUT2D eigenvalue weighted by Crippen LogP contribution is 2.45. The van der Waals surface area contributed by atoms with Crippen LogP contribution in [0.15, 0.2) is 42.0 Å². The number of hydrogen-bond donors (Lipinski definition) is 1. The number of aliphatic hydroxyl groups is 1. The topological polar surface area (TPSA) is 107 Å². The smallest absolute Gasteiger partial charge is 0.295 e. The van der Waals surface area contributed by atoms with Crippen molar-refractivity contribution in [3.05, 3.63) is 53.1 Å². The van der Waals surface area contributed by atoms with Crippen LogP contribution in [0.1, 0.15) is 37.4 Å². The molecule has 2 aromatic carbocycles. The summed E-state index contributed by atoms with van der Waals surface area (Å²) in [6.07, 6.45) is 0.649. The van der Waals surface area contributed by atoms with Crippen molar-refractivity contribution >= 4 is 17.4 Å². The molecule has 4 rings (SSSR count). The molecule has 0 saturated carbocycles. The van der Waals surface area contributed by atoms with Crippen molar-refractivity contribution in [2.75, 3.05) is 67.3 Å². The second kappa shape index (κ2) is 13.7. The number of hydrogen-bond acceptors (Lipinski definition) is 9. The highest BCUT2D eigenvalue weighted by atomic mass is 16.5. The first kappa shape index (κ1) is 30.2. The van der Waals surface area contributed by atoms with Gasteiger partial charge in [0.05, 0.1) is 52.8 Å². The third-order valence-corrected chi connectivity index (χ3v) is 7.23. The fraction of sp³-hybridized carbons (Fsp3) is 0.484. The van der Waals surface area contributed by atoms with E-state index >= 15 is 0 Å². The summed E-state index contributed by atoms with van der Waals surface area (Å²) < 4.78 is 27.8. The van der Waals surface area contributed by atoms with Gasteiger partial charge < -0.3 is 33.7 Å². The van der Waals surface area contributed by atoms with Gasteiger partial charge in [-0.1, -0.05) is 13.8 Å². The number of amides is 1. The van der Waals surface area contributed by atoms with Gasteiger partial charge in [0.15, 0.2) is 11.5 Å². The molecule has 0 radical (unpaired) electrons. The summed E-state index contributed by atoms with van der Waals surface area (Å²) >= 11 is 0. The van der Waals surface area contributed by atoms with Gasteiger partial charge in [-0.3, -0.25) is 14.5 Å². The maximum Gasteiger partial charge on any atom is 0.295 e. The third-order valence-electron chi connectivity index (χ3n) is 7.23. The second-order valence-corrected chi connectivity index (χ2v) is 10.5. The van der Waals surface area contributed by atoms with E-state index < -0.39 is 17.7 Å². The van der Waals surface area contributed by atoms with Crippen LogP contribution in [0.5, 0.6) is 23.0 Å². The van der Waals surface area contributed by atoms with E-state index in [4.69, 9.17) is 23.7 Å². The average Bonchev–Trinajstić information content (AvgIpc) is 3.24. The lowest BCUT2D eigenvalue weighted by molar-refractivity contribution is -0.140. The number of aliphatic hydroxyl groups excluding tert-OH is 1. The summed E-state index contributed by atoms with van der Waals surface area (Å²) in [6, 6.07) is 9.41. The van der Waals surface area contributed by atoms with Crippen LogP contribution in [-0.2, 0) is 14.3 Å². The van der Waals surface area contributed by atoms with Crippen LogP contribution in [0.3, 0.4) is 0 Å². The Hall–Kier alpha value is -3.76. The van der Waals surface area contributed by atoms with Crippen LogP contribution >= 0.6 is 0 Å². The van der Waals surface area contributed by atoms with Crippen LogP contribution in [-0.4, -0.2) is 93.9 Å². The Morgan fingerprint density at radius 1 is 0.976 bits per heavy atom. The lowest BCUT2D eigenvalue weighted by Crippen LogP contribution is -2.39. The van der Waals surface area contributed by atoms with Crippen molar-refractivity contribution in [3.63, 3.8) is 0 Å². The third kappa shape index (κ3) is 6.77. The molecule has 1 unspecified atom stereocenters. The number of rotatable bonds is 12. The molecule has 0 spiro atoms. The SMILES string of the molecule is COc1cc(C2/C(=C(\O)c3ccc(OCC(C)C)cc3)C(=O)C(=O)N2CCCN2CCOCC2)cc(OC)c1OC. The molecule has 1 atom stereocenters. The number of methoxy groups -OCH3 is 3. The van der Waals surface area contributed by atoms with Crippen LogP contribution in [0.4, 0.5) is 0 Å². The molecule has 222 valence electrons. The van der Waals surface area contributed by atoms with Gasteiger partial charge in [-0.2, -0.15) is 0 Å². The second-order valence-electron chi connectivity index (χ2n) is 10.5. The Bertz CT molecular complexity index is 1230. The van der Waals surface area contributed by atoms with Gasteiger partial charge in [-0.15, -0.1) is 0 Å². The largest absolute Gasteiger partial charge is 0.507 e. The first-order chi connectivity index (χ1) is 19.8. The van der Waals surface area contributed by atoms with Gasteiger partial charge in [0.25, 0.3) is 11.7 Å². The van der Waals surface area contributed by atoms with E-state index in [-0.39, 0.29) is 11.3 Å². The Labute approximate surface area is 241 Å². The molecule has 2 fully saturated rings. The van der Waals surface area contributed by atoms with Crippen molar-refractivity contribution in [3.8, 4) is 23.0 Å². The number of likely N-dealkylation sites (tertiary alicyclic amines) is 1. The van der Waals surface area contributed by atoms with Gasteiger partial charge in [0.1, 0.15) is 11.5 Å². The standard InChI is InChI=1S/C31H40N2O8/c1-20(2)19-41-23-9-7-21(8-10-23)28(34)26-27(22-17-24(37-3)30(39-5)25(18-22)38-4)33(31(36)29(26)35)12-6-11-32-13-15-40-16-14-32/h7-10,17-18,20,27,34H,6,11-16,19H2,1-5H3/b28-26+. The van der Waals surface area contributed by atoms with Gasteiger partial charge >= 0.3 is 0 Å². The van der Waals surface area contributed by atoms with Crippen LogP contribution in [0.25, 0.3) is 5.76 Å². The van der Waals surface area contributed by atoms with Gasteiger partial charge in [-0.05, 0) is 54.3 Å². The molecule has 1 N–H and O–H groups in total. The summed E-state index contributed by atoms with van der Waals surface area (Å²) in [6.45, 7) is 8.76. The predicted octanol–water partition coefficient (Wildman–Crippen LogP) is 3.89. The van der Waals surface area contributed by atoms with Crippen molar-refractivity contribution in [2.24, 2.45) is 5.92 Å². The van der Waals surface area contributed by atoms with Crippen molar-refractivity contribution < 1.29 is 38.4 Å². The number of ether oxygens (including phenoxy) is 5. The number of carbonyl (C=O) groups is 2. The number of Topliss-reactive ketones (excluding diaryl/α,β-unsaturated/α-hetero) is 1. The predicted molar refractivity (Wildman–Crippen MR) is 154 cm³/mol. The van der Waals surface area contributed by atoms with E-state index in [1.54, 1.807) is 36.4 Å². The minimum atomic E-state index is -0.856. The van der Waals surface area contributed by atoms with E-state index in [0.29, 0.717) is 72.8 Å². The highest BCUT2D eigenvalue weighted by molar-refractivity contribution is 6.46. The minimum absolute atomic E-state index is 0.00601. The Balaban J connectivity index is 1.73. The van der Waals surface area contributed by atoms with Crippen molar-refractivity contribution in [1.82, 2.24) is 9.80 Å². The number of ketones is 1. The number of carbonyl (C=O) groups excluding carboxylic acids is 2. The molecular weight excluding hydrogens is 528 g/mol. The molecule has 10 nitrogen and oxygen atoms in total. The Kier molecular flexibility index (Phi) is 10.1. The fourth-order valence-electron chi connectivity index (χ4n) is 5.13. The Morgan fingerprint density at radius 3 is 2.17 bits per heavy atom. The zero-order valence-electron chi connectivity index (χ0n) is 24.5. The maximum absolute atomic E-state index is 13.5. The quantitative estimate of drug-likeness (QED) is 0.232. The van der Waals surface area contributed by atoms with Gasteiger partial charge in [0, 0.05) is 31.7 Å². The fourth-order valence-corrected chi connectivity index (χ4v) is 5.13. The summed E-state index contributed by atoms with van der Waals surface area (Å²) in [7, 11) is 4.51. The summed E-state index contributed by atoms with van der Waals surface area (Å²) in [5, 5.41) is 11.5. The zero-order valence-corrected chi connectivity index (χ0v) is 24.5. The molecule has 2 saturated heterocycles. The van der Waals surface area contributed by atoms with Crippen LogP contribution in [0, 0.1) is 5.92 Å². The zero-order chi connectivity index (χ0) is 29.5. The first-order valence-corrected chi connectivity index (χ1v) is 13.9. The molecule has 2 heterocycles. The van der Waals surface area contributed by atoms with Crippen LogP contribution in [0.2, 0.25) is 0 Å². The average molecular weight is 569 g/mol. The summed E-state index contributed by atoms with van der Waals surface area (Å²) in [4.78, 5) is 30.7. The minimum Gasteiger partial charge on any atom is -0.507 e. The molecule has 0 aromatic heterocycles. The van der Waals surface area contributed by atoms with E-state index in [0.717, 1.165) is 19.6 Å². The Morgan fingerprint density at radius 2 is 1.61 bits per heavy atom. The first-order valence-electron chi connectivity index (χ1n) is 13.9. The number of morpholine rings is 1.